The van der Waals surface area contributed by atoms with Gasteiger partial charge in [0.2, 0.25) is 17.7 Å². The molecule has 2 rings (SSSR count). The van der Waals surface area contributed by atoms with E-state index in [9.17, 15) is 29.4 Å². The number of amides is 3. The molecule has 2 aromatic rings. The number of carboxylic acid groups (broad SMARTS) is 1. The van der Waals surface area contributed by atoms with Crippen LogP contribution >= 0.6 is 11.8 Å². The van der Waals surface area contributed by atoms with E-state index >= 15 is 0 Å². The smallest absolute Gasteiger partial charge is 0.326 e. The Morgan fingerprint density at radius 1 is 0.814 bits per heavy atom. The Morgan fingerprint density at radius 3 is 2.00 bits per heavy atom. The molecular formula is C29H41N7O6S. The average molecular weight is 616 g/mol. The summed E-state index contributed by atoms with van der Waals surface area (Å²) in [6.07, 6.45) is 2.73. The first-order valence-electron chi connectivity index (χ1n) is 13.8. The van der Waals surface area contributed by atoms with Crippen LogP contribution in [-0.2, 0) is 32.0 Å². The van der Waals surface area contributed by atoms with E-state index in [0.717, 1.165) is 5.56 Å². The second-order valence-electron chi connectivity index (χ2n) is 9.92. The molecule has 13 nitrogen and oxygen atoms in total. The lowest BCUT2D eigenvalue weighted by Crippen LogP contribution is -2.58. The van der Waals surface area contributed by atoms with Crippen LogP contribution in [0.5, 0.6) is 5.75 Å². The Labute approximate surface area is 255 Å². The van der Waals surface area contributed by atoms with Crippen LogP contribution in [0.2, 0.25) is 0 Å². The lowest BCUT2D eigenvalue weighted by molar-refractivity contribution is -0.142. The van der Waals surface area contributed by atoms with Gasteiger partial charge in [-0.1, -0.05) is 42.5 Å². The highest BCUT2D eigenvalue weighted by molar-refractivity contribution is 7.98. The highest BCUT2D eigenvalue weighted by Crippen LogP contribution is 2.13. The number of carboxylic acids is 1. The number of aliphatic carboxylic acids is 1. The number of phenolic OH excluding ortho intramolecular Hbond substituents is 1. The third kappa shape index (κ3) is 13.0. The van der Waals surface area contributed by atoms with E-state index in [0.29, 0.717) is 17.7 Å². The van der Waals surface area contributed by atoms with Crippen LogP contribution in [0.4, 0.5) is 0 Å². The molecule has 11 N–H and O–H groups in total. The van der Waals surface area contributed by atoms with Gasteiger partial charge in [0.25, 0.3) is 0 Å². The van der Waals surface area contributed by atoms with Crippen molar-refractivity contribution in [2.75, 3.05) is 18.6 Å². The van der Waals surface area contributed by atoms with Gasteiger partial charge in [-0.15, -0.1) is 0 Å². The predicted molar refractivity (Wildman–Crippen MR) is 166 cm³/mol. The van der Waals surface area contributed by atoms with Gasteiger partial charge in [-0.2, -0.15) is 11.8 Å². The van der Waals surface area contributed by atoms with Crippen molar-refractivity contribution in [1.29, 1.82) is 0 Å². The first-order chi connectivity index (χ1) is 20.5. The summed E-state index contributed by atoms with van der Waals surface area (Å²) in [6, 6.07) is 11.0. The number of benzene rings is 2. The van der Waals surface area contributed by atoms with Crippen LogP contribution in [0, 0.1) is 0 Å². The van der Waals surface area contributed by atoms with Gasteiger partial charge in [-0.25, -0.2) is 4.79 Å². The summed E-state index contributed by atoms with van der Waals surface area (Å²) in [5, 5.41) is 27.2. The van der Waals surface area contributed by atoms with Crippen molar-refractivity contribution in [3.05, 3.63) is 65.7 Å². The minimum atomic E-state index is -1.24. The number of hydrogen-bond donors (Lipinski definition) is 8. The Balaban J connectivity index is 2.19. The van der Waals surface area contributed by atoms with Crippen LogP contribution in [-0.4, -0.2) is 82.6 Å². The number of thioether (sulfide) groups is 1. The zero-order chi connectivity index (χ0) is 31.8. The molecule has 0 saturated heterocycles. The number of carbonyl (C=O) groups is 4. The van der Waals surface area contributed by atoms with Crippen molar-refractivity contribution in [3.63, 3.8) is 0 Å². The molecule has 0 aliphatic heterocycles. The number of nitrogens with two attached hydrogens (primary N) is 3. The van der Waals surface area contributed by atoms with E-state index in [1.54, 1.807) is 12.1 Å². The first kappa shape index (κ1) is 34.9. The highest BCUT2D eigenvalue weighted by atomic mass is 32.2. The zero-order valence-corrected chi connectivity index (χ0v) is 24.9. The fraction of sp³-hybridized carbons (Fsp3) is 0.414. The minimum Gasteiger partial charge on any atom is -0.508 e. The quantitative estimate of drug-likeness (QED) is 0.0627. The van der Waals surface area contributed by atoms with Gasteiger partial charge >= 0.3 is 5.97 Å². The largest absolute Gasteiger partial charge is 0.508 e. The topological polar surface area (TPSA) is 235 Å². The van der Waals surface area contributed by atoms with E-state index in [-0.39, 0.29) is 43.9 Å². The van der Waals surface area contributed by atoms with E-state index in [1.807, 2.05) is 36.6 Å². The molecule has 0 aromatic heterocycles. The normalized spacial score (nSPS) is 13.5. The van der Waals surface area contributed by atoms with Crippen molar-refractivity contribution in [1.82, 2.24) is 16.0 Å². The van der Waals surface area contributed by atoms with Crippen LogP contribution in [0.25, 0.3) is 0 Å². The van der Waals surface area contributed by atoms with Gasteiger partial charge in [0.1, 0.15) is 23.9 Å². The highest BCUT2D eigenvalue weighted by Gasteiger charge is 2.30. The number of carbonyl (C=O) groups excluding carboxylic acids is 3. The molecule has 0 spiro atoms. The molecule has 2 aromatic carbocycles. The summed E-state index contributed by atoms with van der Waals surface area (Å²) in [5.41, 5.74) is 18.2. The van der Waals surface area contributed by atoms with Crippen molar-refractivity contribution < 1.29 is 29.4 Å². The molecule has 43 heavy (non-hydrogen) atoms. The number of guanidine groups is 1. The van der Waals surface area contributed by atoms with E-state index < -0.39 is 47.9 Å². The van der Waals surface area contributed by atoms with Crippen LogP contribution in [0.3, 0.4) is 0 Å². The maximum atomic E-state index is 13.5. The van der Waals surface area contributed by atoms with Gasteiger partial charge in [0, 0.05) is 13.0 Å². The molecule has 234 valence electrons. The van der Waals surface area contributed by atoms with E-state index in [1.165, 1.54) is 23.9 Å². The van der Waals surface area contributed by atoms with Crippen molar-refractivity contribution in [2.45, 2.75) is 56.3 Å². The number of nitrogens with one attached hydrogen (secondary N) is 3. The molecule has 0 radical (unpaired) electrons. The predicted octanol–water partition coefficient (Wildman–Crippen LogP) is -0.150. The number of aromatic hydroxyl groups is 1. The zero-order valence-electron chi connectivity index (χ0n) is 24.1. The average Bonchev–Trinajstić information content (AvgIpc) is 2.97. The second-order valence-corrected chi connectivity index (χ2v) is 10.9. The van der Waals surface area contributed by atoms with Gasteiger partial charge in [-0.3, -0.25) is 19.4 Å². The molecule has 0 fully saturated rings. The van der Waals surface area contributed by atoms with Crippen molar-refractivity contribution >= 4 is 41.4 Å². The lowest BCUT2D eigenvalue weighted by Gasteiger charge is -2.25. The SMILES string of the molecule is CSCCC(NC(=O)C(Cc1ccc(O)cc1)NC(=O)C(N)Cc1ccccc1)C(=O)NC(CCCN=C(N)N)C(=O)O. The summed E-state index contributed by atoms with van der Waals surface area (Å²) in [7, 11) is 0. The molecule has 4 unspecified atom stereocenters. The third-order valence-electron chi connectivity index (χ3n) is 6.45. The van der Waals surface area contributed by atoms with Gasteiger partial charge in [0.05, 0.1) is 6.04 Å². The molecule has 0 heterocycles. The van der Waals surface area contributed by atoms with E-state index in [4.69, 9.17) is 17.2 Å². The summed E-state index contributed by atoms with van der Waals surface area (Å²) < 4.78 is 0. The van der Waals surface area contributed by atoms with Gasteiger partial charge < -0.3 is 43.4 Å². The fourth-order valence-corrected chi connectivity index (χ4v) is 4.60. The Hall–Kier alpha value is -4.30. The molecule has 0 bridgehead atoms. The van der Waals surface area contributed by atoms with Gasteiger partial charge in [0.15, 0.2) is 5.96 Å². The number of phenols is 1. The minimum absolute atomic E-state index is 0.0405. The molecule has 0 saturated carbocycles. The maximum absolute atomic E-state index is 13.5. The molecule has 0 aliphatic carbocycles. The van der Waals surface area contributed by atoms with Gasteiger partial charge in [-0.05, 0) is 61.0 Å². The molecule has 0 aliphatic rings. The lowest BCUT2D eigenvalue weighted by atomic mass is 10.0. The standard InChI is InChI=1S/C29H41N7O6S/c1-43-15-13-22(26(39)35-23(28(41)42)8-5-14-33-29(31)32)34-27(40)24(17-19-9-11-20(37)12-10-19)36-25(38)21(30)16-18-6-3-2-4-7-18/h2-4,6-7,9-12,21-24,37H,5,8,13-17,30H2,1H3,(H,34,40)(H,35,39)(H,36,38)(H,41,42)(H4,31,32,33). The number of rotatable bonds is 18. The monoisotopic (exact) mass is 615 g/mol. The molecule has 14 heteroatoms. The summed E-state index contributed by atoms with van der Waals surface area (Å²) >= 11 is 1.45. The molecular weight excluding hydrogens is 574 g/mol. The Morgan fingerprint density at radius 2 is 1.40 bits per heavy atom. The summed E-state index contributed by atoms with van der Waals surface area (Å²) in [5.74, 6) is -2.69. The van der Waals surface area contributed by atoms with Crippen LogP contribution < -0.4 is 33.2 Å². The van der Waals surface area contributed by atoms with Crippen LogP contribution in [0.1, 0.15) is 30.4 Å². The Bertz CT molecular complexity index is 1230. The Kier molecular flexibility index (Phi) is 14.8. The number of aliphatic imine (C=N–C) groups is 1. The number of nitrogens with zero attached hydrogens (tertiary/aromatic N) is 1. The fourth-order valence-electron chi connectivity index (χ4n) is 4.13. The molecule has 4 atom stereocenters. The summed E-state index contributed by atoms with van der Waals surface area (Å²) in [4.78, 5) is 55.4. The first-order valence-corrected chi connectivity index (χ1v) is 15.1. The number of hydrogen-bond acceptors (Lipinski definition) is 8. The summed E-state index contributed by atoms with van der Waals surface area (Å²) in [6.45, 7) is 0.194. The maximum Gasteiger partial charge on any atom is 0.326 e. The van der Waals surface area contributed by atoms with Crippen LogP contribution in [0.15, 0.2) is 59.6 Å². The second kappa shape index (κ2) is 18.3. The van der Waals surface area contributed by atoms with Crippen molar-refractivity contribution in [3.8, 4) is 5.75 Å². The molecule has 3 amide bonds. The van der Waals surface area contributed by atoms with Crippen molar-refractivity contribution in [2.24, 2.45) is 22.2 Å². The third-order valence-corrected chi connectivity index (χ3v) is 7.09. The van der Waals surface area contributed by atoms with E-state index in [2.05, 4.69) is 20.9 Å².